The second-order valence-electron chi connectivity index (χ2n) is 6.77. The molecule has 1 aromatic rings. The van der Waals surface area contributed by atoms with E-state index in [2.05, 4.69) is 10.1 Å². The SMILES string of the molecule is CS(=O)(=O)CCc1noc(CC2CCC3(CCOCC3)CO2)n1. The van der Waals surface area contributed by atoms with Crippen LogP contribution in [0.3, 0.4) is 0 Å². The Labute approximate surface area is 136 Å². The first-order chi connectivity index (χ1) is 10.9. The van der Waals surface area contributed by atoms with Gasteiger partial charge in [-0.3, -0.25) is 0 Å². The predicted molar refractivity (Wildman–Crippen MR) is 82.9 cm³/mol. The molecule has 1 atom stereocenters. The van der Waals surface area contributed by atoms with E-state index in [0.717, 1.165) is 45.5 Å². The number of nitrogens with zero attached hydrogens (tertiary/aromatic N) is 2. The average molecular weight is 344 g/mol. The molecule has 2 aliphatic heterocycles. The van der Waals surface area contributed by atoms with Crippen molar-refractivity contribution in [2.75, 3.05) is 31.8 Å². The number of sulfone groups is 1. The first-order valence-corrected chi connectivity index (χ1v) is 10.2. The Morgan fingerprint density at radius 1 is 1.26 bits per heavy atom. The Balaban J connectivity index is 1.48. The summed E-state index contributed by atoms with van der Waals surface area (Å²) in [5, 5.41) is 3.85. The molecule has 0 aliphatic carbocycles. The maximum Gasteiger partial charge on any atom is 0.229 e. The van der Waals surface area contributed by atoms with Gasteiger partial charge in [-0.05, 0) is 31.1 Å². The molecule has 0 bridgehead atoms. The van der Waals surface area contributed by atoms with E-state index in [1.54, 1.807) is 0 Å². The quantitative estimate of drug-likeness (QED) is 0.792. The topological polar surface area (TPSA) is 91.5 Å². The number of ether oxygens (including phenoxy) is 2. The van der Waals surface area contributed by atoms with E-state index in [-0.39, 0.29) is 18.3 Å². The van der Waals surface area contributed by atoms with Gasteiger partial charge in [0, 0.05) is 25.9 Å². The summed E-state index contributed by atoms with van der Waals surface area (Å²) in [5.74, 6) is 1.01. The molecule has 23 heavy (non-hydrogen) atoms. The normalized spacial score (nSPS) is 24.8. The lowest BCUT2D eigenvalue weighted by molar-refractivity contribution is -0.106. The lowest BCUT2D eigenvalue weighted by Crippen LogP contribution is -2.40. The molecule has 0 amide bonds. The molecule has 2 aliphatic rings. The molecular weight excluding hydrogens is 320 g/mol. The second-order valence-corrected chi connectivity index (χ2v) is 9.03. The van der Waals surface area contributed by atoms with Crippen molar-refractivity contribution in [2.45, 2.75) is 44.6 Å². The van der Waals surface area contributed by atoms with E-state index in [1.807, 2.05) is 0 Å². The summed E-state index contributed by atoms with van der Waals surface area (Å²) in [7, 11) is -3.01. The first kappa shape index (κ1) is 16.9. The van der Waals surface area contributed by atoms with Gasteiger partial charge < -0.3 is 14.0 Å². The van der Waals surface area contributed by atoms with Gasteiger partial charge in [0.2, 0.25) is 5.89 Å². The van der Waals surface area contributed by atoms with Crippen LogP contribution in [0.1, 0.15) is 37.4 Å². The monoisotopic (exact) mass is 344 g/mol. The molecule has 0 radical (unpaired) electrons. The molecule has 7 nitrogen and oxygen atoms in total. The van der Waals surface area contributed by atoms with Crippen molar-refractivity contribution in [3.63, 3.8) is 0 Å². The third-order valence-electron chi connectivity index (χ3n) is 4.78. The van der Waals surface area contributed by atoms with E-state index in [9.17, 15) is 8.42 Å². The molecule has 0 saturated carbocycles. The maximum absolute atomic E-state index is 11.2. The molecule has 1 unspecified atom stereocenters. The van der Waals surface area contributed by atoms with Crippen LogP contribution in [0, 0.1) is 5.41 Å². The van der Waals surface area contributed by atoms with Crippen molar-refractivity contribution in [1.29, 1.82) is 0 Å². The predicted octanol–water partition coefficient (Wildman–Crippen LogP) is 1.17. The van der Waals surface area contributed by atoms with E-state index in [1.165, 1.54) is 6.26 Å². The van der Waals surface area contributed by atoms with Gasteiger partial charge in [0.25, 0.3) is 0 Å². The van der Waals surface area contributed by atoms with Crippen LogP contribution in [-0.4, -0.2) is 56.5 Å². The highest BCUT2D eigenvalue weighted by Gasteiger charge is 2.37. The van der Waals surface area contributed by atoms with E-state index in [0.29, 0.717) is 23.6 Å². The van der Waals surface area contributed by atoms with Crippen LogP contribution in [0.25, 0.3) is 0 Å². The van der Waals surface area contributed by atoms with Gasteiger partial charge in [-0.1, -0.05) is 5.16 Å². The highest BCUT2D eigenvalue weighted by Crippen LogP contribution is 2.40. The number of aryl methyl sites for hydroxylation is 1. The van der Waals surface area contributed by atoms with Gasteiger partial charge in [-0.2, -0.15) is 4.98 Å². The molecule has 0 aromatic carbocycles. The minimum absolute atomic E-state index is 0.0382. The molecule has 3 rings (SSSR count). The Morgan fingerprint density at radius 2 is 2.04 bits per heavy atom. The zero-order valence-corrected chi connectivity index (χ0v) is 14.3. The van der Waals surface area contributed by atoms with Crippen molar-refractivity contribution in [1.82, 2.24) is 10.1 Å². The van der Waals surface area contributed by atoms with Crippen LogP contribution in [-0.2, 0) is 32.2 Å². The number of aromatic nitrogens is 2. The second kappa shape index (κ2) is 6.86. The molecular formula is C15H24N2O5S. The number of rotatable bonds is 5. The summed E-state index contributed by atoms with van der Waals surface area (Å²) < 4.78 is 39.0. The van der Waals surface area contributed by atoms with Crippen LogP contribution >= 0.6 is 0 Å². The first-order valence-electron chi connectivity index (χ1n) is 8.13. The summed E-state index contributed by atoms with van der Waals surface area (Å²) in [4.78, 5) is 4.27. The zero-order chi connectivity index (χ0) is 16.3. The molecule has 2 saturated heterocycles. The molecule has 1 spiro atoms. The van der Waals surface area contributed by atoms with Crippen LogP contribution < -0.4 is 0 Å². The van der Waals surface area contributed by atoms with Crippen molar-refractivity contribution in [2.24, 2.45) is 5.41 Å². The molecule has 2 fully saturated rings. The molecule has 0 N–H and O–H groups in total. The van der Waals surface area contributed by atoms with Crippen LogP contribution in [0.5, 0.6) is 0 Å². The molecule has 8 heteroatoms. The third kappa shape index (κ3) is 4.74. The van der Waals surface area contributed by atoms with E-state index < -0.39 is 9.84 Å². The lowest BCUT2D eigenvalue weighted by Gasteiger charge is -2.42. The van der Waals surface area contributed by atoms with Gasteiger partial charge in [0.05, 0.1) is 24.9 Å². The van der Waals surface area contributed by atoms with E-state index >= 15 is 0 Å². The maximum atomic E-state index is 11.2. The fourth-order valence-corrected chi connectivity index (χ4v) is 3.78. The largest absolute Gasteiger partial charge is 0.381 e. The summed E-state index contributed by atoms with van der Waals surface area (Å²) in [5.41, 5.74) is 0.296. The van der Waals surface area contributed by atoms with Gasteiger partial charge in [-0.25, -0.2) is 8.42 Å². The summed E-state index contributed by atoms with van der Waals surface area (Å²) >= 11 is 0. The lowest BCUT2D eigenvalue weighted by atomic mass is 9.75. The Kier molecular flexibility index (Phi) is 5.03. The average Bonchev–Trinajstić information content (AvgIpc) is 2.96. The smallest absolute Gasteiger partial charge is 0.229 e. The molecule has 3 heterocycles. The number of hydrogen-bond donors (Lipinski definition) is 0. The zero-order valence-electron chi connectivity index (χ0n) is 13.5. The highest BCUT2D eigenvalue weighted by atomic mass is 32.2. The fraction of sp³-hybridized carbons (Fsp3) is 0.867. The third-order valence-corrected chi connectivity index (χ3v) is 5.73. The van der Waals surface area contributed by atoms with Crippen molar-refractivity contribution < 1.29 is 22.4 Å². The van der Waals surface area contributed by atoms with Gasteiger partial charge in [-0.15, -0.1) is 0 Å². The van der Waals surface area contributed by atoms with Crippen LogP contribution in [0.15, 0.2) is 4.52 Å². The fourth-order valence-electron chi connectivity index (χ4n) is 3.22. The Hall–Kier alpha value is -0.990. The van der Waals surface area contributed by atoms with E-state index in [4.69, 9.17) is 14.0 Å². The van der Waals surface area contributed by atoms with Gasteiger partial charge in [0.1, 0.15) is 9.84 Å². The summed E-state index contributed by atoms with van der Waals surface area (Å²) in [6.45, 7) is 2.44. The minimum atomic E-state index is -3.01. The highest BCUT2D eigenvalue weighted by molar-refractivity contribution is 7.90. The van der Waals surface area contributed by atoms with Crippen molar-refractivity contribution >= 4 is 9.84 Å². The summed E-state index contributed by atoms with van der Waals surface area (Å²) in [6.07, 6.45) is 6.49. The Bertz CT molecular complexity index is 612. The summed E-state index contributed by atoms with van der Waals surface area (Å²) in [6, 6.07) is 0. The molecule has 130 valence electrons. The Morgan fingerprint density at radius 3 is 2.70 bits per heavy atom. The van der Waals surface area contributed by atoms with Crippen LogP contribution in [0.2, 0.25) is 0 Å². The number of hydrogen-bond acceptors (Lipinski definition) is 7. The van der Waals surface area contributed by atoms with Crippen molar-refractivity contribution in [3.05, 3.63) is 11.7 Å². The molecule has 1 aromatic heterocycles. The van der Waals surface area contributed by atoms with Crippen LogP contribution in [0.4, 0.5) is 0 Å². The minimum Gasteiger partial charge on any atom is -0.381 e. The van der Waals surface area contributed by atoms with Gasteiger partial charge >= 0.3 is 0 Å². The standard InChI is InChI=1S/C15H24N2O5S/c1-23(18,19)9-3-13-16-14(22-17-13)10-12-2-4-15(11-21-12)5-7-20-8-6-15/h12H,2-11H2,1H3. The van der Waals surface area contributed by atoms with Crippen molar-refractivity contribution in [3.8, 4) is 0 Å². The van der Waals surface area contributed by atoms with Gasteiger partial charge in [0.15, 0.2) is 5.82 Å².